The van der Waals surface area contributed by atoms with Crippen LogP contribution in [0.15, 0.2) is 47.6 Å². The van der Waals surface area contributed by atoms with E-state index in [-0.39, 0.29) is 55.6 Å². The van der Waals surface area contributed by atoms with E-state index in [2.05, 4.69) is 0 Å². The van der Waals surface area contributed by atoms with Crippen LogP contribution in [0.25, 0.3) is 0 Å². The van der Waals surface area contributed by atoms with Crippen molar-refractivity contribution >= 4 is 41.2 Å². The van der Waals surface area contributed by atoms with E-state index in [1.165, 1.54) is 14.2 Å². The molecule has 3 aliphatic heterocycles. The maximum atomic E-state index is 14.6. The van der Waals surface area contributed by atoms with Crippen molar-refractivity contribution in [2.45, 2.75) is 198 Å². The number of piperidine rings is 1. The summed E-state index contributed by atoms with van der Waals surface area (Å²) in [5, 5.41) is 62.5. The van der Waals surface area contributed by atoms with E-state index in [1.807, 2.05) is 51.2 Å². The maximum absolute atomic E-state index is 14.6. The molecule has 3 heterocycles. The molecule has 21 heteroatoms. The minimum Gasteiger partial charge on any atom is -0.460 e. The number of rotatable bonds is 13. The molecule has 18 atom stereocenters. The normalized spacial score (nSPS) is 36.4. The van der Waals surface area contributed by atoms with Gasteiger partial charge in [-0.05, 0) is 107 Å². The number of ether oxygens (including phenoxy) is 7. The number of aliphatic hydroxyl groups excluding tert-OH is 5. The molecular formula is C58H89NO20. The molecule has 0 aromatic rings. The van der Waals surface area contributed by atoms with Crippen LogP contribution in [0.4, 0.5) is 4.79 Å². The molecular weight excluding hydrogens is 1030 g/mol. The minimum absolute atomic E-state index is 0.0104. The van der Waals surface area contributed by atoms with Gasteiger partial charge in [0.25, 0.3) is 11.7 Å². The number of hydrogen-bond donors (Lipinski definition) is 6. The lowest BCUT2D eigenvalue weighted by molar-refractivity contribution is -0.265. The van der Waals surface area contributed by atoms with Crippen molar-refractivity contribution in [3.05, 3.63) is 47.6 Å². The van der Waals surface area contributed by atoms with Gasteiger partial charge in [-0.2, -0.15) is 0 Å². The Labute approximate surface area is 464 Å². The molecule has 1 amide bonds. The quantitative estimate of drug-likeness (QED) is 0.0863. The topological polar surface area (TPSA) is 309 Å². The lowest BCUT2D eigenvalue weighted by Gasteiger charge is -2.42. The third kappa shape index (κ3) is 18.5. The predicted molar refractivity (Wildman–Crippen MR) is 285 cm³/mol. The number of carbonyl (C=O) groups is 7. The first-order valence-electron chi connectivity index (χ1n) is 27.8. The molecule has 2 saturated heterocycles. The minimum atomic E-state index is -2.50. The lowest BCUT2D eigenvalue weighted by Crippen LogP contribution is -2.61. The van der Waals surface area contributed by atoms with Crippen molar-refractivity contribution in [1.82, 2.24) is 4.90 Å². The average Bonchev–Trinajstić information content (AvgIpc) is 3.45. The zero-order valence-electron chi connectivity index (χ0n) is 47.7. The molecule has 2 bridgehead atoms. The summed E-state index contributed by atoms with van der Waals surface area (Å²) in [6.45, 7) is 10.4. The number of nitrogens with zero attached hydrogens (tertiary/aromatic N) is 1. The van der Waals surface area contributed by atoms with Crippen molar-refractivity contribution in [3.63, 3.8) is 0 Å². The van der Waals surface area contributed by atoms with Crippen LogP contribution in [-0.2, 0) is 61.9 Å². The molecule has 3 fully saturated rings. The van der Waals surface area contributed by atoms with Gasteiger partial charge in [0.15, 0.2) is 11.6 Å². The summed E-state index contributed by atoms with van der Waals surface area (Å²) in [6.07, 6.45) is 1.21. The van der Waals surface area contributed by atoms with Crippen LogP contribution in [0.5, 0.6) is 0 Å². The molecule has 0 aromatic heterocycles. The summed E-state index contributed by atoms with van der Waals surface area (Å²) in [5.41, 5.74) is 1.16. The Morgan fingerprint density at radius 2 is 1.56 bits per heavy atom. The van der Waals surface area contributed by atoms with E-state index in [1.54, 1.807) is 40.9 Å². The number of allylic oxidation sites excluding steroid dienone is 6. The van der Waals surface area contributed by atoms with Crippen LogP contribution in [0, 0.1) is 35.5 Å². The van der Waals surface area contributed by atoms with Gasteiger partial charge in [-0.1, -0.05) is 71.1 Å². The SMILES string of the molecule is CO[C@H]1C[C@@H]2CC[C@@H](C)[C@@](O)(O2)C(=O)C(=O)N2CCCC[C@H]2C(=O)O[C@H]([C@H](C)C[C@@H]2CC[C@@H](OC(=O)OC[C@@H](O)[C@@H](O)[C@H](O)C(=O)CO)[C@H](OC)C2)CC(=O)[C@H](C)/C=C(\C)[C@@H](O)[C@@H](OC)C(=O)[C@H](C)C[C@H](C)\C=C/C=C/C=C/1C. The first-order valence-corrected chi connectivity index (χ1v) is 27.8. The van der Waals surface area contributed by atoms with E-state index in [9.17, 15) is 59.1 Å². The average molecular weight is 1120 g/mol. The number of esters is 1. The number of ketones is 4. The fourth-order valence-corrected chi connectivity index (χ4v) is 11.1. The number of cyclic esters (lactones) is 1. The van der Waals surface area contributed by atoms with Crippen LogP contribution >= 0.6 is 0 Å². The van der Waals surface area contributed by atoms with Gasteiger partial charge in [-0.15, -0.1) is 0 Å². The third-order valence-electron chi connectivity index (χ3n) is 16.3. The second kappa shape index (κ2) is 31.6. The molecule has 1 aliphatic carbocycles. The fourth-order valence-electron chi connectivity index (χ4n) is 11.1. The van der Waals surface area contributed by atoms with Crippen LogP contribution in [0.1, 0.15) is 126 Å². The van der Waals surface area contributed by atoms with Gasteiger partial charge in [0.05, 0.1) is 18.3 Å². The van der Waals surface area contributed by atoms with Gasteiger partial charge in [-0.25, -0.2) is 9.59 Å². The van der Waals surface area contributed by atoms with Crippen LogP contribution in [0.3, 0.4) is 0 Å². The van der Waals surface area contributed by atoms with Gasteiger partial charge in [0.1, 0.15) is 67.8 Å². The summed E-state index contributed by atoms with van der Waals surface area (Å²) < 4.78 is 40.0. The van der Waals surface area contributed by atoms with E-state index >= 15 is 0 Å². The lowest BCUT2D eigenvalue weighted by atomic mass is 9.78. The Balaban J connectivity index is 1.63. The first kappa shape index (κ1) is 67.0. The fraction of sp³-hybridized carbons (Fsp3) is 0.741. The Morgan fingerprint density at radius 1 is 0.848 bits per heavy atom. The number of aliphatic hydroxyl groups is 6. The second-order valence-electron chi connectivity index (χ2n) is 22.4. The van der Waals surface area contributed by atoms with Gasteiger partial charge in [-0.3, -0.25) is 24.0 Å². The number of Topliss-reactive ketones (excluding diaryl/α,β-unsaturated/α-hetero) is 4. The van der Waals surface area contributed by atoms with Crippen LogP contribution < -0.4 is 0 Å². The zero-order chi connectivity index (χ0) is 58.9. The molecule has 4 rings (SSSR count). The maximum Gasteiger partial charge on any atom is 0.508 e. The monoisotopic (exact) mass is 1120 g/mol. The standard InChI is InChI=1S/C58H89NO20/c1-32-16-12-11-13-17-33(2)46(73-8)28-40-21-19-38(7)58(72,79-40)54(68)55(69)59-23-15-14-18-41(59)56(70)77-47(29-42(61)34(3)25-37(6)50(65)53(75-10)49(64)36(5)24-32)35(4)26-39-20-22-45(48(27-39)74-9)78-57(71)76-31-44(63)52(67)51(66)43(62)30-60/h11-13,16-17,25,32,34-36,38-41,44-48,50-53,60,63,65-67,72H,14-15,18-24,26-31H2,1-10H3/b13-11+,16-12-,33-17+,37-25+/t32-,34-,35-,36-,38-,39+,40+,41+,44-,45-,46+,47+,48-,50-,51-,52-,53+,58-/m1/s1. The number of carbonyl (C=O) groups excluding carboxylic acids is 7. The van der Waals surface area contributed by atoms with Crippen molar-refractivity contribution in [3.8, 4) is 0 Å². The van der Waals surface area contributed by atoms with Gasteiger partial charge >= 0.3 is 12.1 Å². The van der Waals surface area contributed by atoms with Gasteiger partial charge < -0.3 is 68.7 Å². The molecule has 0 unspecified atom stereocenters. The third-order valence-corrected chi connectivity index (χ3v) is 16.3. The smallest absolute Gasteiger partial charge is 0.460 e. The Morgan fingerprint density at radius 3 is 2.22 bits per heavy atom. The predicted octanol–water partition coefficient (Wildman–Crippen LogP) is 3.99. The highest BCUT2D eigenvalue weighted by Gasteiger charge is 2.53. The molecule has 0 radical (unpaired) electrons. The summed E-state index contributed by atoms with van der Waals surface area (Å²) in [4.78, 5) is 96.8. The molecule has 1 saturated carbocycles. The number of fused-ring (bicyclic) bond motifs is 3. The van der Waals surface area contributed by atoms with E-state index in [0.29, 0.717) is 56.9 Å². The van der Waals surface area contributed by atoms with E-state index in [0.717, 1.165) is 10.5 Å². The summed E-state index contributed by atoms with van der Waals surface area (Å²) in [7, 11) is 4.31. The van der Waals surface area contributed by atoms with Crippen LogP contribution in [-0.4, -0.2) is 191 Å². The van der Waals surface area contributed by atoms with Gasteiger partial charge in [0, 0.05) is 58.5 Å². The van der Waals surface area contributed by atoms with Crippen molar-refractivity contribution in [1.29, 1.82) is 0 Å². The first-order chi connectivity index (χ1) is 37.3. The Bertz CT molecular complexity index is 2190. The largest absolute Gasteiger partial charge is 0.508 e. The zero-order valence-corrected chi connectivity index (χ0v) is 47.7. The molecule has 4 aliphatic rings. The highest BCUT2D eigenvalue weighted by molar-refractivity contribution is 6.39. The van der Waals surface area contributed by atoms with Gasteiger partial charge in [0.2, 0.25) is 5.79 Å². The van der Waals surface area contributed by atoms with E-state index in [4.69, 9.17) is 38.3 Å². The molecule has 79 heavy (non-hydrogen) atoms. The highest BCUT2D eigenvalue weighted by Crippen LogP contribution is 2.38. The molecule has 6 N–H and O–H groups in total. The second-order valence-corrected chi connectivity index (χ2v) is 22.4. The summed E-state index contributed by atoms with van der Waals surface area (Å²) in [6, 6.07) is -1.25. The van der Waals surface area contributed by atoms with Crippen molar-refractivity contribution in [2.24, 2.45) is 35.5 Å². The molecule has 0 aromatic carbocycles. The van der Waals surface area contributed by atoms with Crippen LogP contribution in [0.2, 0.25) is 0 Å². The number of methoxy groups -OCH3 is 3. The highest BCUT2D eigenvalue weighted by atomic mass is 16.7. The van der Waals surface area contributed by atoms with E-state index < -0.39 is 139 Å². The molecule has 446 valence electrons. The van der Waals surface area contributed by atoms with Crippen molar-refractivity contribution in [2.75, 3.05) is 41.1 Å². The summed E-state index contributed by atoms with van der Waals surface area (Å²) >= 11 is 0. The molecule has 21 nitrogen and oxygen atoms in total. The number of amides is 1. The Kier molecular flexibility index (Phi) is 26.8. The summed E-state index contributed by atoms with van der Waals surface area (Å²) in [5.74, 6) is -10.3. The van der Waals surface area contributed by atoms with Crippen molar-refractivity contribution < 1.29 is 97.4 Å². The Hall–Kier alpha value is -4.55. The number of hydrogen-bond acceptors (Lipinski definition) is 20. The molecule has 0 spiro atoms.